The van der Waals surface area contributed by atoms with Gasteiger partial charge in [0.05, 0.1) is 11.9 Å². The number of nitrogens with one attached hydrogen (secondary N) is 2. The van der Waals surface area contributed by atoms with E-state index in [-0.39, 0.29) is 0 Å². The molecule has 0 atom stereocenters. The average Bonchev–Trinajstić information content (AvgIpc) is 2.10. The molecule has 4 amide bonds. The van der Waals surface area contributed by atoms with Crippen molar-refractivity contribution in [1.29, 1.82) is 0 Å². The fourth-order valence-corrected chi connectivity index (χ4v) is 0.497. The number of hydrogen-bond acceptors (Lipinski definition) is 4. The predicted molar refractivity (Wildman–Crippen MR) is 51.7 cm³/mol. The number of nitrogens with two attached hydrogens (primary N) is 2. The van der Waals surface area contributed by atoms with Crippen LogP contribution in [-0.4, -0.2) is 24.0 Å². The van der Waals surface area contributed by atoms with Crippen LogP contribution in [0.5, 0.6) is 0 Å². The molecule has 0 saturated heterocycles. The normalized spacial score (nSPS) is 11.4. The molecule has 14 heavy (non-hydrogen) atoms. The summed E-state index contributed by atoms with van der Waals surface area (Å²) in [6.07, 6.45) is 1.77. The molecule has 0 unspecified atom stereocenters. The fourth-order valence-electron chi connectivity index (χ4n) is 0.497. The van der Waals surface area contributed by atoms with E-state index in [4.69, 9.17) is 11.5 Å². The van der Waals surface area contributed by atoms with Crippen LogP contribution in [0.15, 0.2) is 10.2 Å². The van der Waals surface area contributed by atoms with E-state index < -0.39 is 12.1 Å². The second-order valence-electron chi connectivity index (χ2n) is 2.17. The van der Waals surface area contributed by atoms with Gasteiger partial charge in [0.2, 0.25) is 0 Å². The molecule has 0 aliphatic carbocycles. The molecule has 6 N–H and O–H groups in total. The van der Waals surface area contributed by atoms with Crippen LogP contribution in [-0.2, 0) is 0 Å². The van der Waals surface area contributed by atoms with Crippen molar-refractivity contribution in [3.63, 3.8) is 0 Å². The van der Waals surface area contributed by atoms with Crippen molar-refractivity contribution in [3.8, 4) is 0 Å². The van der Waals surface area contributed by atoms with Crippen LogP contribution in [0.2, 0.25) is 0 Å². The summed E-state index contributed by atoms with van der Waals surface area (Å²) in [5.74, 6) is 0. The highest BCUT2D eigenvalue weighted by atomic mass is 16.2. The first-order valence-electron chi connectivity index (χ1n) is 3.76. The maximum absolute atomic E-state index is 10.3. The third-order valence-electron chi connectivity index (χ3n) is 1.06. The Hall–Kier alpha value is -2.12. The number of hydrogen-bond donors (Lipinski definition) is 4. The van der Waals surface area contributed by atoms with Gasteiger partial charge in [-0.25, -0.2) is 20.4 Å². The number of primary amides is 2. The summed E-state index contributed by atoms with van der Waals surface area (Å²) in [6.45, 7) is 1.79. The van der Waals surface area contributed by atoms with E-state index in [0.717, 1.165) is 0 Å². The number of urea groups is 2. The van der Waals surface area contributed by atoms with E-state index in [1.165, 1.54) is 6.21 Å². The van der Waals surface area contributed by atoms with E-state index in [1.54, 1.807) is 6.92 Å². The molecule has 0 fully saturated rings. The van der Waals surface area contributed by atoms with E-state index in [0.29, 0.717) is 12.1 Å². The topological polar surface area (TPSA) is 135 Å². The van der Waals surface area contributed by atoms with Crippen LogP contribution in [0.4, 0.5) is 9.59 Å². The molecule has 8 nitrogen and oxygen atoms in total. The zero-order valence-electron chi connectivity index (χ0n) is 7.65. The summed E-state index contributed by atoms with van der Waals surface area (Å²) in [7, 11) is 0. The summed E-state index contributed by atoms with van der Waals surface area (Å²) in [5.41, 5.74) is 14.0. The van der Waals surface area contributed by atoms with Crippen LogP contribution in [0.3, 0.4) is 0 Å². The molecule has 0 radical (unpaired) electrons. The third kappa shape index (κ3) is 6.58. The van der Waals surface area contributed by atoms with Gasteiger partial charge >= 0.3 is 12.1 Å². The van der Waals surface area contributed by atoms with Crippen LogP contribution >= 0.6 is 0 Å². The first-order chi connectivity index (χ1) is 6.56. The van der Waals surface area contributed by atoms with Crippen molar-refractivity contribution in [3.05, 3.63) is 0 Å². The second-order valence-corrected chi connectivity index (χ2v) is 2.17. The van der Waals surface area contributed by atoms with Crippen LogP contribution < -0.4 is 22.3 Å². The zero-order valence-corrected chi connectivity index (χ0v) is 7.65. The molecule has 0 aliphatic rings. The first kappa shape index (κ1) is 11.9. The highest BCUT2D eigenvalue weighted by Gasteiger charge is 1.93. The monoisotopic (exact) mass is 200 g/mol. The third-order valence-corrected chi connectivity index (χ3v) is 1.06. The van der Waals surface area contributed by atoms with E-state index in [1.807, 2.05) is 10.9 Å². The minimum Gasteiger partial charge on any atom is -0.350 e. The molecule has 0 rings (SSSR count). The number of carbonyl (C=O) groups is 2. The van der Waals surface area contributed by atoms with Crippen molar-refractivity contribution in [1.82, 2.24) is 10.9 Å². The standard InChI is InChI=1S/C6H12N6O2/c1-2-4(10-12-6(8)14)3-9-11-5(7)13/h3H,2H2,1H3,(H3,7,11,13)(H3,8,12,14)/b9-3+,10-4+. The molecular weight excluding hydrogens is 188 g/mol. The molecule has 0 saturated carbocycles. The lowest BCUT2D eigenvalue weighted by Gasteiger charge is -1.96. The lowest BCUT2D eigenvalue weighted by molar-refractivity contribution is 0.248. The van der Waals surface area contributed by atoms with Gasteiger partial charge in [0.25, 0.3) is 0 Å². The molecule has 78 valence electrons. The summed E-state index contributed by atoms with van der Waals surface area (Å²) in [5, 5.41) is 7.04. The van der Waals surface area contributed by atoms with E-state index >= 15 is 0 Å². The Balaban J connectivity index is 4.13. The molecule has 0 heterocycles. The zero-order chi connectivity index (χ0) is 11.0. The number of rotatable bonds is 4. The first-order valence-corrected chi connectivity index (χ1v) is 3.76. The molecule has 0 spiro atoms. The minimum absolute atomic E-state index is 0.442. The summed E-state index contributed by atoms with van der Waals surface area (Å²) in [6, 6.07) is -1.55. The molecule has 0 aromatic carbocycles. The summed E-state index contributed by atoms with van der Waals surface area (Å²) >= 11 is 0. The van der Waals surface area contributed by atoms with Crippen molar-refractivity contribution in [2.75, 3.05) is 0 Å². The molecule has 0 aromatic rings. The smallest absolute Gasteiger partial charge is 0.332 e. The van der Waals surface area contributed by atoms with Crippen LogP contribution in [0.1, 0.15) is 13.3 Å². The Bertz CT molecular complexity index is 271. The second kappa shape index (κ2) is 6.40. The largest absolute Gasteiger partial charge is 0.350 e. The Morgan fingerprint density at radius 2 is 1.86 bits per heavy atom. The predicted octanol–water partition coefficient (Wildman–Crippen LogP) is -0.925. The lowest BCUT2D eigenvalue weighted by Crippen LogP contribution is -2.27. The number of nitrogens with zero attached hydrogens (tertiary/aromatic N) is 2. The van der Waals surface area contributed by atoms with E-state index in [2.05, 4.69) is 10.2 Å². The summed E-state index contributed by atoms with van der Waals surface area (Å²) in [4.78, 5) is 20.5. The SMILES string of the molecule is CCC(/C=N/NC(N)=O)=N\NC(N)=O. The highest BCUT2D eigenvalue weighted by Crippen LogP contribution is 1.80. The Morgan fingerprint density at radius 1 is 1.29 bits per heavy atom. The number of amides is 4. The lowest BCUT2D eigenvalue weighted by atomic mass is 10.3. The molecule has 0 aromatic heterocycles. The van der Waals surface area contributed by atoms with Gasteiger partial charge < -0.3 is 11.5 Å². The summed E-state index contributed by atoms with van der Waals surface area (Å²) < 4.78 is 0. The van der Waals surface area contributed by atoms with Crippen molar-refractivity contribution in [2.24, 2.45) is 21.7 Å². The average molecular weight is 200 g/mol. The highest BCUT2D eigenvalue weighted by molar-refractivity contribution is 6.30. The van der Waals surface area contributed by atoms with Gasteiger partial charge in [0.1, 0.15) is 0 Å². The molecular formula is C6H12N6O2. The number of carbonyl (C=O) groups excluding carboxylic acids is 2. The van der Waals surface area contributed by atoms with Crippen LogP contribution in [0.25, 0.3) is 0 Å². The van der Waals surface area contributed by atoms with Gasteiger partial charge in [0, 0.05) is 0 Å². The van der Waals surface area contributed by atoms with E-state index in [9.17, 15) is 9.59 Å². The van der Waals surface area contributed by atoms with Gasteiger partial charge in [0.15, 0.2) is 0 Å². The molecule has 0 bridgehead atoms. The van der Waals surface area contributed by atoms with Gasteiger partial charge in [-0.2, -0.15) is 10.2 Å². The maximum atomic E-state index is 10.3. The maximum Gasteiger partial charge on any atom is 0.332 e. The number of hydrazone groups is 2. The molecule has 0 aliphatic heterocycles. The Morgan fingerprint density at radius 3 is 2.29 bits per heavy atom. The quantitative estimate of drug-likeness (QED) is 0.344. The van der Waals surface area contributed by atoms with Crippen LogP contribution in [0, 0.1) is 0 Å². The van der Waals surface area contributed by atoms with Crippen molar-refractivity contribution >= 4 is 24.0 Å². The van der Waals surface area contributed by atoms with Gasteiger partial charge in [-0.3, -0.25) is 0 Å². The Labute approximate surface area is 80.4 Å². The molecule has 8 heteroatoms. The minimum atomic E-state index is -0.778. The van der Waals surface area contributed by atoms with Gasteiger partial charge in [-0.1, -0.05) is 6.92 Å². The van der Waals surface area contributed by atoms with Crippen molar-refractivity contribution < 1.29 is 9.59 Å². The van der Waals surface area contributed by atoms with Gasteiger partial charge in [-0.05, 0) is 6.42 Å². The fraction of sp³-hybridized carbons (Fsp3) is 0.333. The van der Waals surface area contributed by atoms with Gasteiger partial charge in [-0.15, -0.1) is 0 Å². The van der Waals surface area contributed by atoms with Crippen molar-refractivity contribution in [2.45, 2.75) is 13.3 Å². The Kier molecular flexibility index (Phi) is 5.43.